The molecule has 0 spiro atoms. The summed E-state index contributed by atoms with van der Waals surface area (Å²) < 4.78 is 12.0. The SMILES string of the molecule is C=CCOc1ccc(/C=N/n2c(C)cc(C)c(C#N)c2=O)cc1OC. The van der Waals surface area contributed by atoms with Gasteiger partial charge in [0.1, 0.15) is 18.2 Å². The van der Waals surface area contributed by atoms with Crippen molar-refractivity contribution in [1.82, 2.24) is 4.68 Å². The lowest BCUT2D eigenvalue weighted by Gasteiger charge is -2.10. The zero-order valence-corrected chi connectivity index (χ0v) is 14.4. The van der Waals surface area contributed by atoms with Gasteiger partial charge in [-0.05, 0) is 49.2 Å². The second-order valence-electron chi connectivity index (χ2n) is 5.33. The van der Waals surface area contributed by atoms with Crippen LogP contribution in [0.3, 0.4) is 0 Å². The molecule has 0 amide bonds. The molecule has 0 N–H and O–H groups in total. The van der Waals surface area contributed by atoms with E-state index in [1.54, 1.807) is 51.3 Å². The highest BCUT2D eigenvalue weighted by Crippen LogP contribution is 2.27. The summed E-state index contributed by atoms with van der Waals surface area (Å²) in [6.45, 7) is 7.47. The maximum atomic E-state index is 12.3. The summed E-state index contributed by atoms with van der Waals surface area (Å²) in [5.74, 6) is 1.14. The average Bonchev–Trinajstić information content (AvgIpc) is 2.60. The van der Waals surface area contributed by atoms with Crippen molar-refractivity contribution in [1.29, 1.82) is 5.26 Å². The van der Waals surface area contributed by atoms with Crippen molar-refractivity contribution in [3.05, 3.63) is 69.7 Å². The molecule has 6 nitrogen and oxygen atoms in total. The molecule has 0 aliphatic rings. The first-order valence-electron chi connectivity index (χ1n) is 7.61. The van der Waals surface area contributed by atoms with Crippen molar-refractivity contribution >= 4 is 6.21 Å². The number of hydrogen-bond donors (Lipinski definition) is 0. The number of methoxy groups -OCH3 is 1. The van der Waals surface area contributed by atoms with Gasteiger partial charge in [0.15, 0.2) is 11.5 Å². The number of hydrogen-bond acceptors (Lipinski definition) is 5. The molecule has 0 aliphatic carbocycles. The number of aromatic nitrogens is 1. The molecule has 0 aliphatic heterocycles. The van der Waals surface area contributed by atoms with Crippen LogP contribution >= 0.6 is 0 Å². The molecule has 2 rings (SSSR count). The fraction of sp³-hybridized carbons (Fsp3) is 0.211. The molecule has 0 saturated carbocycles. The minimum absolute atomic E-state index is 0.0912. The Hall–Kier alpha value is -3.33. The van der Waals surface area contributed by atoms with E-state index in [0.29, 0.717) is 29.4 Å². The molecule has 0 radical (unpaired) electrons. The van der Waals surface area contributed by atoms with Crippen molar-refractivity contribution in [3.8, 4) is 17.6 Å². The molecule has 25 heavy (non-hydrogen) atoms. The first-order chi connectivity index (χ1) is 12.0. The largest absolute Gasteiger partial charge is 0.493 e. The zero-order valence-electron chi connectivity index (χ0n) is 14.4. The van der Waals surface area contributed by atoms with Gasteiger partial charge in [-0.2, -0.15) is 10.4 Å². The van der Waals surface area contributed by atoms with Gasteiger partial charge in [-0.25, -0.2) is 4.68 Å². The van der Waals surface area contributed by atoms with E-state index in [9.17, 15) is 4.79 Å². The van der Waals surface area contributed by atoms with Crippen LogP contribution in [0.25, 0.3) is 0 Å². The van der Waals surface area contributed by atoms with Gasteiger partial charge in [0, 0.05) is 5.69 Å². The highest BCUT2D eigenvalue weighted by molar-refractivity contribution is 5.80. The summed E-state index contributed by atoms with van der Waals surface area (Å²) >= 11 is 0. The Morgan fingerprint density at radius 2 is 2.08 bits per heavy atom. The van der Waals surface area contributed by atoms with Crippen molar-refractivity contribution in [3.63, 3.8) is 0 Å². The van der Waals surface area contributed by atoms with E-state index in [0.717, 1.165) is 5.56 Å². The Morgan fingerprint density at radius 3 is 2.72 bits per heavy atom. The smallest absolute Gasteiger partial charge is 0.289 e. The molecule has 6 heteroatoms. The maximum Gasteiger partial charge on any atom is 0.289 e. The van der Waals surface area contributed by atoms with E-state index < -0.39 is 5.56 Å². The van der Waals surface area contributed by atoms with Gasteiger partial charge < -0.3 is 9.47 Å². The summed E-state index contributed by atoms with van der Waals surface area (Å²) in [5, 5.41) is 13.3. The Labute approximate surface area is 146 Å². The van der Waals surface area contributed by atoms with Crippen molar-refractivity contribution < 1.29 is 9.47 Å². The van der Waals surface area contributed by atoms with Gasteiger partial charge in [-0.15, -0.1) is 0 Å². The predicted molar refractivity (Wildman–Crippen MR) is 96.6 cm³/mol. The summed E-state index contributed by atoms with van der Waals surface area (Å²) in [6.07, 6.45) is 3.18. The molecule has 2 aromatic rings. The summed E-state index contributed by atoms with van der Waals surface area (Å²) in [6, 6.07) is 8.98. The monoisotopic (exact) mass is 337 g/mol. The van der Waals surface area contributed by atoms with Crippen molar-refractivity contribution in [2.24, 2.45) is 5.10 Å². The Kier molecular flexibility index (Phi) is 5.75. The van der Waals surface area contributed by atoms with Gasteiger partial charge >= 0.3 is 0 Å². The van der Waals surface area contributed by atoms with Crippen LogP contribution < -0.4 is 15.0 Å². The quantitative estimate of drug-likeness (QED) is 0.600. The number of nitrogens with zero attached hydrogens (tertiary/aromatic N) is 3. The lowest BCUT2D eigenvalue weighted by Crippen LogP contribution is -2.22. The van der Waals surface area contributed by atoms with Crippen LogP contribution in [0, 0.1) is 25.2 Å². The minimum Gasteiger partial charge on any atom is -0.493 e. The molecule has 0 saturated heterocycles. The first-order valence-corrected chi connectivity index (χ1v) is 7.61. The molecular formula is C19H19N3O3. The topological polar surface area (TPSA) is 76.6 Å². The number of benzene rings is 1. The lowest BCUT2D eigenvalue weighted by atomic mass is 10.1. The van der Waals surface area contributed by atoms with Crippen molar-refractivity contribution in [2.75, 3.05) is 13.7 Å². The number of rotatable bonds is 6. The van der Waals surface area contributed by atoms with Crippen LogP contribution in [0.5, 0.6) is 11.5 Å². The molecule has 1 aromatic carbocycles. The van der Waals surface area contributed by atoms with Gasteiger partial charge in [-0.3, -0.25) is 4.79 Å². The summed E-state index contributed by atoms with van der Waals surface area (Å²) in [7, 11) is 1.55. The second kappa shape index (κ2) is 7.97. The summed E-state index contributed by atoms with van der Waals surface area (Å²) in [4.78, 5) is 12.3. The third-order valence-corrected chi connectivity index (χ3v) is 3.54. The lowest BCUT2D eigenvalue weighted by molar-refractivity contribution is 0.326. The number of nitriles is 1. The molecule has 0 fully saturated rings. The Bertz CT molecular complexity index is 921. The van der Waals surface area contributed by atoms with Crippen LogP contribution in [0.4, 0.5) is 0 Å². The fourth-order valence-corrected chi connectivity index (χ4v) is 2.32. The van der Waals surface area contributed by atoms with Crippen LogP contribution in [0.1, 0.15) is 22.4 Å². The van der Waals surface area contributed by atoms with E-state index in [2.05, 4.69) is 11.7 Å². The number of aryl methyl sites for hydroxylation is 2. The molecular weight excluding hydrogens is 318 g/mol. The maximum absolute atomic E-state index is 12.3. The van der Waals surface area contributed by atoms with Crippen LogP contribution in [0.2, 0.25) is 0 Å². The van der Waals surface area contributed by atoms with Crippen molar-refractivity contribution in [2.45, 2.75) is 13.8 Å². The molecule has 0 bridgehead atoms. The third-order valence-electron chi connectivity index (χ3n) is 3.54. The van der Waals surface area contributed by atoms with Gasteiger partial charge in [0.05, 0.1) is 13.3 Å². The zero-order chi connectivity index (χ0) is 18.4. The van der Waals surface area contributed by atoms with E-state index in [1.807, 2.05) is 6.07 Å². The molecule has 128 valence electrons. The second-order valence-corrected chi connectivity index (χ2v) is 5.33. The molecule has 0 unspecified atom stereocenters. The predicted octanol–water partition coefficient (Wildman–Crippen LogP) is 2.79. The third kappa shape index (κ3) is 3.96. The number of ether oxygens (including phenoxy) is 2. The highest BCUT2D eigenvalue weighted by Gasteiger charge is 2.09. The highest BCUT2D eigenvalue weighted by atomic mass is 16.5. The van der Waals surface area contributed by atoms with E-state index in [1.165, 1.54) is 10.9 Å². The standard InChI is InChI=1S/C19H19N3O3/c1-5-8-25-17-7-6-15(10-18(17)24-4)12-21-22-14(3)9-13(2)16(11-20)19(22)23/h5-7,9-10,12H,1,8H2,2-4H3/b21-12+. The van der Waals surface area contributed by atoms with Crippen LogP contribution in [0.15, 0.2) is 46.8 Å². The van der Waals surface area contributed by atoms with Crippen LogP contribution in [-0.2, 0) is 0 Å². The minimum atomic E-state index is -0.436. The Morgan fingerprint density at radius 1 is 1.32 bits per heavy atom. The van der Waals surface area contributed by atoms with Crippen LogP contribution in [-0.4, -0.2) is 24.6 Å². The molecule has 1 heterocycles. The van der Waals surface area contributed by atoms with E-state index >= 15 is 0 Å². The molecule has 0 atom stereocenters. The average molecular weight is 337 g/mol. The number of pyridine rings is 1. The Balaban J connectivity index is 2.39. The molecule has 1 aromatic heterocycles. The van der Waals surface area contributed by atoms with Gasteiger partial charge in [0.2, 0.25) is 0 Å². The summed E-state index contributed by atoms with van der Waals surface area (Å²) in [5.41, 5.74) is 1.67. The first kappa shape index (κ1) is 18.0. The van der Waals surface area contributed by atoms with E-state index in [4.69, 9.17) is 14.7 Å². The van der Waals surface area contributed by atoms with Gasteiger partial charge in [-0.1, -0.05) is 12.7 Å². The fourth-order valence-electron chi connectivity index (χ4n) is 2.32. The van der Waals surface area contributed by atoms with E-state index in [-0.39, 0.29) is 5.56 Å². The van der Waals surface area contributed by atoms with Gasteiger partial charge in [0.25, 0.3) is 5.56 Å². The normalized spacial score (nSPS) is 10.5.